The van der Waals surface area contributed by atoms with Crippen LogP contribution in [0.25, 0.3) is 0 Å². The van der Waals surface area contributed by atoms with Crippen molar-refractivity contribution >= 4 is 23.7 Å². The van der Waals surface area contributed by atoms with Crippen molar-refractivity contribution in [1.29, 1.82) is 0 Å². The Balaban J connectivity index is 3.95. The maximum absolute atomic E-state index is 10.4. The van der Waals surface area contributed by atoms with E-state index in [0.29, 0.717) is 11.7 Å². The molecule has 0 bridgehead atoms. The fraction of sp³-hybridized carbons (Fsp3) is 0.750. The molecule has 0 radical (unpaired) electrons. The standard InChI is InChI=1S/C8H14O4S/c1-5(2)4-13-6(8(11)12)3-7(9)10/h5-6H,3-4H2,1-2H3,(H,9,10)(H,11,12)/p-2/t6-/m0/s1. The third kappa shape index (κ3) is 6.45. The monoisotopic (exact) mass is 204 g/mol. The van der Waals surface area contributed by atoms with Crippen LogP contribution in [-0.4, -0.2) is 22.9 Å². The molecular weight excluding hydrogens is 192 g/mol. The minimum atomic E-state index is -1.36. The first-order valence-electron chi connectivity index (χ1n) is 3.95. The highest BCUT2D eigenvalue weighted by atomic mass is 32.2. The molecule has 0 heterocycles. The molecule has 0 saturated heterocycles. The average molecular weight is 204 g/mol. The van der Waals surface area contributed by atoms with Gasteiger partial charge >= 0.3 is 0 Å². The van der Waals surface area contributed by atoms with E-state index in [9.17, 15) is 19.8 Å². The van der Waals surface area contributed by atoms with E-state index in [0.717, 1.165) is 11.8 Å². The number of carboxylic acid groups (broad SMARTS) is 2. The number of hydrogen-bond donors (Lipinski definition) is 0. The molecule has 0 aliphatic carbocycles. The van der Waals surface area contributed by atoms with E-state index in [1.807, 2.05) is 13.8 Å². The Morgan fingerprint density at radius 3 is 2.15 bits per heavy atom. The van der Waals surface area contributed by atoms with Crippen LogP contribution in [0.4, 0.5) is 0 Å². The zero-order valence-corrected chi connectivity index (χ0v) is 8.43. The fourth-order valence-corrected chi connectivity index (χ4v) is 1.68. The number of aliphatic carboxylic acids is 2. The number of hydrogen-bond acceptors (Lipinski definition) is 5. The van der Waals surface area contributed by atoms with Crippen LogP contribution in [0.5, 0.6) is 0 Å². The molecule has 0 unspecified atom stereocenters. The van der Waals surface area contributed by atoms with Gasteiger partial charge in [0.15, 0.2) is 0 Å². The first-order chi connectivity index (χ1) is 5.93. The van der Waals surface area contributed by atoms with Gasteiger partial charge in [-0.2, -0.15) is 11.8 Å². The van der Waals surface area contributed by atoms with Gasteiger partial charge in [0.1, 0.15) is 0 Å². The first-order valence-corrected chi connectivity index (χ1v) is 5.00. The van der Waals surface area contributed by atoms with E-state index in [1.54, 1.807) is 0 Å². The van der Waals surface area contributed by atoms with Crippen molar-refractivity contribution in [2.45, 2.75) is 25.5 Å². The van der Waals surface area contributed by atoms with Gasteiger partial charge in [-0.3, -0.25) is 0 Å². The average Bonchev–Trinajstić information content (AvgIpc) is 1.96. The van der Waals surface area contributed by atoms with Crippen molar-refractivity contribution in [2.24, 2.45) is 5.92 Å². The summed E-state index contributed by atoms with van der Waals surface area (Å²) in [4.78, 5) is 20.6. The zero-order valence-electron chi connectivity index (χ0n) is 7.61. The molecule has 0 fully saturated rings. The smallest absolute Gasteiger partial charge is 0.0548 e. The van der Waals surface area contributed by atoms with Gasteiger partial charge in [-0.05, 0) is 11.7 Å². The van der Waals surface area contributed by atoms with Crippen molar-refractivity contribution in [2.75, 3.05) is 5.75 Å². The largest absolute Gasteiger partial charge is 0.550 e. The Labute approximate surface area is 81.3 Å². The minimum Gasteiger partial charge on any atom is -0.550 e. The SMILES string of the molecule is CC(C)CS[C@@H](CC(=O)[O-])C(=O)[O-]. The van der Waals surface area contributed by atoms with Gasteiger partial charge in [0.2, 0.25) is 0 Å². The van der Waals surface area contributed by atoms with Crippen LogP contribution >= 0.6 is 11.8 Å². The van der Waals surface area contributed by atoms with Gasteiger partial charge in [-0.15, -0.1) is 0 Å². The molecule has 76 valence electrons. The Morgan fingerprint density at radius 1 is 1.31 bits per heavy atom. The summed E-state index contributed by atoms with van der Waals surface area (Å²) in [5.74, 6) is -1.76. The third-order valence-corrected chi connectivity index (χ3v) is 2.87. The lowest BCUT2D eigenvalue weighted by molar-refractivity contribution is -0.314. The summed E-state index contributed by atoms with van der Waals surface area (Å²) < 4.78 is 0. The van der Waals surface area contributed by atoms with Crippen molar-refractivity contribution in [3.05, 3.63) is 0 Å². The maximum atomic E-state index is 10.4. The maximum Gasteiger partial charge on any atom is 0.0548 e. The van der Waals surface area contributed by atoms with Gasteiger partial charge in [0.25, 0.3) is 0 Å². The molecule has 13 heavy (non-hydrogen) atoms. The fourth-order valence-electron chi connectivity index (χ4n) is 0.670. The van der Waals surface area contributed by atoms with Gasteiger partial charge < -0.3 is 19.8 Å². The topological polar surface area (TPSA) is 80.3 Å². The number of carboxylic acids is 2. The van der Waals surface area contributed by atoms with Crippen molar-refractivity contribution in [3.8, 4) is 0 Å². The zero-order chi connectivity index (χ0) is 10.4. The summed E-state index contributed by atoms with van der Waals surface area (Å²) in [6.45, 7) is 3.86. The molecule has 0 aromatic heterocycles. The summed E-state index contributed by atoms with van der Waals surface area (Å²) in [6.07, 6.45) is -0.486. The van der Waals surface area contributed by atoms with Gasteiger partial charge in [-0.1, -0.05) is 13.8 Å². The van der Waals surface area contributed by atoms with Crippen LogP contribution in [0.3, 0.4) is 0 Å². The van der Waals surface area contributed by atoms with Gasteiger partial charge in [0, 0.05) is 17.6 Å². The quantitative estimate of drug-likeness (QED) is 0.533. The van der Waals surface area contributed by atoms with Crippen LogP contribution in [-0.2, 0) is 9.59 Å². The second-order valence-electron chi connectivity index (χ2n) is 3.11. The Morgan fingerprint density at radius 2 is 1.85 bits per heavy atom. The number of carbonyl (C=O) groups is 2. The van der Waals surface area contributed by atoms with E-state index < -0.39 is 23.6 Å². The molecule has 0 N–H and O–H groups in total. The highest BCUT2D eigenvalue weighted by molar-refractivity contribution is 8.00. The number of carbonyl (C=O) groups excluding carboxylic acids is 2. The summed E-state index contributed by atoms with van der Waals surface area (Å²) in [6, 6.07) is 0. The van der Waals surface area contributed by atoms with Crippen LogP contribution < -0.4 is 10.2 Å². The number of thioether (sulfide) groups is 1. The molecule has 0 spiro atoms. The summed E-state index contributed by atoms with van der Waals surface area (Å²) in [5, 5.41) is 19.6. The summed E-state index contributed by atoms with van der Waals surface area (Å²) in [5.41, 5.74) is 0. The van der Waals surface area contributed by atoms with Gasteiger partial charge in [0.05, 0.1) is 5.97 Å². The van der Waals surface area contributed by atoms with E-state index in [-0.39, 0.29) is 0 Å². The minimum absolute atomic E-state index is 0.327. The molecule has 0 aliphatic rings. The second kappa shape index (κ2) is 5.85. The normalized spacial score (nSPS) is 12.8. The van der Waals surface area contributed by atoms with E-state index in [2.05, 4.69) is 0 Å². The van der Waals surface area contributed by atoms with Crippen LogP contribution in [0, 0.1) is 5.92 Å². The van der Waals surface area contributed by atoms with Crippen molar-refractivity contribution < 1.29 is 19.8 Å². The predicted molar refractivity (Wildman–Crippen MR) is 45.7 cm³/mol. The molecule has 0 aromatic rings. The Bertz CT molecular complexity index is 191. The van der Waals surface area contributed by atoms with E-state index in [1.165, 1.54) is 0 Å². The van der Waals surface area contributed by atoms with Gasteiger partial charge in [-0.25, -0.2) is 0 Å². The molecular formula is C8H12O4S-2. The molecule has 1 atom stereocenters. The lowest BCUT2D eigenvalue weighted by Crippen LogP contribution is -2.38. The second-order valence-corrected chi connectivity index (χ2v) is 4.35. The molecule has 5 heteroatoms. The highest BCUT2D eigenvalue weighted by Gasteiger charge is 2.11. The summed E-state index contributed by atoms with van der Waals surface area (Å²) >= 11 is 1.08. The molecule has 0 saturated carbocycles. The Hall–Kier alpha value is -0.710. The van der Waals surface area contributed by atoms with E-state index >= 15 is 0 Å². The predicted octanol–water partition coefficient (Wildman–Crippen LogP) is -1.37. The Kier molecular flexibility index (Phi) is 5.53. The lowest BCUT2D eigenvalue weighted by atomic mass is 10.3. The molecule has 0 rings (SSSR count). The van der Waals surface area contributed by atoms with Crippen LogP contribution in [0.15, 0.2) is 0 Å². The van der Waals surface area contributed by atoms with Crippen LogP contribution in [0.1, 0.15) is 20.3 Å². The van der Waals surface area contributed by atoms with Crippen molar-refractivity contribution in [1.82, 2.24) is 0 Å². The van der Waals surface area contributed by atoms with E-state index in [4.69, 9.17) is 0 Å². The first kappa shape index (κ1) is 12.3. The lowest BCUT2D eigenvalue weighted by Gasteiger charge is -2.18. The molecule has 4 nitrogen and oxygen atoms in total. The molecule has 0 aliphatic heterocycles. The van der Waals surface area contributed by atoms with Crippen LogP contribution in [0.2, 0.25) is 0 Å². The third-order valence-electron chi connectivity index (χ3n) is 1.25. The van der Waals surface area contributed by atoms with Crippen molar-refractivity contribution in [3.63, 3.8) is 0 Å². The number of rotatable bonds is 6. The molecule has 0 amide bonds. The summed E-state index contributed by atoms with van der Waals surface area (Å²) in [7, 11) is 0. The highest BCUT2D eigenvalue weighted by Crippen LogP contribution is 2.17. The molecule has 0 aromatic carbocycles.